The van der Waals surface area contributed by atoms with E-state index in [-0.39, 0.29) is 97.4 Å². The van der Waals surface area contributed by atoms with Gasteiger partial charge >= 0.3 is 156 Å². The maximum atomic E-state index is 8.59. The van der Waals surface area contributed by atoms with E-state index < -0.39 is 42.9 Å². The summed E-state index contributed by atoms with van der Waals surface area (Å²) in [4.78, 5) is 51.3. The second-order valence-electron chi connectivity index (χ2n) is 1.71. The Labute approximate surface area is 208 Å². The Morgan fingerprint density at radius 3 is 0.440 bits per heavy atom. The fourth-order valence-electron chi connectivity index (χ4n) is 0. The smallest absolute Gasteiger partial charge is 2.00 e. The van der Waals surface area contributed by atoms with E-state index >= 15 is 0 Å². The van der Waals surface area contributed by atoms with Crippen molar-refractivity contribution < 1.29 is 195 Å². The third kappa shape index (κ3) is 1500. The summed E-state index contributed by atoms with van der Waals surface area (Å²) in [5.74, 6) is 0. The molecule has 0 spiro atoms. The van der Waals surface area contributed by atoms with E-state index in [0.29, 0.717) is 0 Å². The minimum atomic E-state index is -5.75. The van der Waals surface area contributed by atoms with Crippen molar-refractivity contribution in [2.75, 3.05) is 0 Å². The second-order valence-corrected chi connectivity index (χ2v) is 6.05. The van der Waals surface area contributed by atoms with Crippen LogP contribution in [0.25, 0.3) is 0 Å². The molecular weight excluding hydrogens is 749 g/mol. The average molecular weight is 749 g/mol. The Kier molecular flexibility index (Phi) is 57.7. The van der Waals surface area contributed by atoms with Gasteiger partial charge in [-0.25, -0.2) is 0 Å². The third-order valence-electron chi connectivity index (χ3n) is 0. The summed E-state index contributed by atoms with van der Waals surface area (Å²) in [7, 11) is -10.8. The first-order valence-electron chi connectivity index (χ1n) is 2.79. The first-order valence-corrected chi connectivity index (χ1v) is 9.88. The van der Waals surface area contributed by atoms with Crippen molar-refractivity contribution in [3.63, 3.8) is 0 Å². The molecule has 0 saturated carbocycles. The van der Waals surface area contributed by atoms with Gasteiger partial charge in [0.1, 0.15) is 0 Å². The summed E-state index contributed by atoms with van der Waals surface area (Å²) < 4.78 is 85.8. The van der Waals surface area contributed by atoms with E-state index in [1.807, 2.05) is 0 Å². The molecule has 0 aliphatic carbocycles. The van der Waals surface area contributed by atoms with Gasteiger partial charge in [-0.1, -0.05) is 0 Å². The normalized spacial score (nSPS) is 9.36. The molecule has 0 heterocycles. The van der Waals surface area contributed by atoms with Gasteiger partial charge in [-0.3, -0.25) is 0 Å². The molecule has 25 heavy (non-hydrogen) atoms. The second kappa shape index (κ2) is 25.5. The molecule has 0 atom stereocenters. The Bertz CT molecular complexity index is 442. The molecule has 0 aromatic carbocycles. The molecule has 25 heteroatoms. The molecule has 0 aliphatic rings. The molecule has 0 fully saturated rings. The molecule has 0 bridgehead atoms. The quantitative estimate of drug-likeness (QED) is 0.164. The zero-order valence-corrected chi connectivity index (χ0v) is 31.0. The van der Waals surface area contributed by atoms with Gasteiger partial charge in [-0.2, -0.15) is 15.6 Å². The Morgan fingerprint density at radius 2 is 0.440 bits per heavy atom. The van der Waals surface area contributed by atoms with E-state index in [1.54, 1.807) is 0 Å². The molecule has 0 unspecified atom stereocenters. The zero-order chi connectivity index (χ0) is 18.0. The SMILES string of the molecule is O=P([O-])([O-])[O-].O=P([O-])([O-])[O-].[O]=[Cr](=[O])([O-])[O-].[O]=[Cr](=[O])([O-])[O-].[Zn+2].[Zn+2].[Zn+2].[Zn+2].[Zn+2]. The van der Waals surface area contributed by atoms with Crippen molar-refractivity contribution in [3.8, 4) is 0 Å². The molecule has 0 radical (unpaired) electrons. The van der Waals surface area contributed by atoms with Crippen molar-refractivity contribution >= 4 is 15.6 Å². The molecule has 0 aromatic rings. The molecule has 0 amide bonds. The summed E-state index contributed by atoms with van der Waals surface area (Å²) in [5.41, 5.74) is 0. The summed E-state index contributed by atoms with van der Waals surface area (Å²) in [6.45, 7) is 0. The predicted octanol–water partition coefficient (Wildman–Crippen LogP) is -10.9. The van der Waals surface area contributed by atoms with Gasteiger partial charge in [0.05, 0.1) is 0 Å². The van der Waals surface area contributed by atoms with Gasteiger partial charge in [-0.15, -0.1) is 0 Å². The fourth-order valence-corrected chi connectivity index (χ4v) is 0. The molecule has 128 valence electrons. The standard InChI is InChI=1S/2Cr.2H3O4P.8O.5Zn/c;;2*1-5(2,3)4;;;;;;;;;;;;;/h;;2*(H3,1,2,3,4);;;;;;;;;;;;;/q;;;;;;;;4*-1;5*+2/p-6. The topological polar surface area (TPSA) is 333 Å². The molecule has 0 aromatic heterocycles. The van der Waals surface area contributed by atoms with Gasteiger partial charge in [0.15, 0.2) is 0 Å². The minimum Gasteiger partial charge on any atom is 2.00 e. The van der Waals surface area contributed by atoms with Gasteiger partial charge in [-0.05, 0) is 0 Å². The maximum absolute atomic E-state index is 8.59. The number of rotatable bonds is 0. The van der Waals surface area contributed by atoms with Crippen LogP contribution in [-0.2, 0) is 149 Å². The van der Waals surface area contributed by atoms with Crippen LogP contribution < -0.4 is 46.0 Å². The number of phosphoric acid groups is 2. The Morgan fingerprint density at radius 1 is 0.440 bits per heavy atom. The first-order chi connectivity index (χ1) is 8.00. The molecule has 0 saturated heterocycles. The average Bonchev–Trinajstić information content (AvgIpc) is 1.62. The van der Waals surface area contributed by atoms with Crippen LogP contribution >= 0.6 is 15.6 Å². The summed E-state index contributed by atoms with van der Waals surface area (Å²) in [5, 5.41) is 0. The zero-order valence-electron chi connectivity index (χ0n) is 11.8. The van der Waals surface area contributed by atoms with Crippen LogP contribution in [0.3, 0.4) is 0 Å². The van der Waals surface area contributed by atoms with Crippen LogP contribution in [0.15, 0.2) is 0 Å². The molecule has 0 aliphatic heterocycles. The van der Waals surface area contributed by atoms with Gasteiger partial charge in [0, 0.05) is 0 Å². The van der Waals surface area contributed by atoms with Gasteiger partial charge < -0.3 is 38.5 Å². The van der Waals surface area contributed by atoms with E-state index in [1.165, 1.54) is 0 Å². The van der Waals surface area contributed by atoms with Crippen molar-refractivity contribution in [3.05, 3.63) is 0 Å². The van der Waals surface area contributed by atoms with Gasteiger partial charge in [0.25, 0.3) is 0 Å². The Balaban J connectivity index is -0.0000000183. The monoisotopic (exact) mass is 741 g/mol. The van der Waals surface area contributed by atoms with Crippen molar-refractivity contribution in [1.29, 1.82) is 0 Å². The van der Waals surface area contributed by atoms with Gasteiger partial charge in [0.2, 0.25) is 0 Å². The first kappa shape index (κ1) is 56.7. The molecular formula is Cr2O16P2Zn5. The molecule has 16 nitrogen and oxygen atoms in total. The summed E-state index contributed by atoms with van der Waals surface area (Å²) in [6, 6.07) is 0. The van der Waals surface area contributed by atoms with Crippen molar-refractivity contribution in [2.45, 2.75) is 0 Å². The van der Waals surface area contributed by atoms with Crippen molar-refractivity contribution in [2.24, 2.45) is 0 Å². The van der Waals surface area contributed by atoms with Crippen LogP contribution in [-0.4, -0.2) is 0 Å². The fraction of sp³-hybridized carbons (Fsp3) is 0. The van der Waals surface area contributed by atoms with Crippen LogP contribution in [0.4, 0.5) is 0 Å². The van der Waals surface area contributed by atoms with Crippen LogP contribution in [0, 0.1) is 0 Å². The number of hydrogen-bond acceptors (Lipinski definition) is 16. The van der Waals surface area contributed by atoms with E-state index in [0.717, 1.165) is 0 Å². The minimum absolute atomic E-state index is 0. The van der Waals surface area contributed by atoms with Crippen LogP contribution in [0.1, 0.15) is 0 Å². The molecule has 0 N–H and O–H groups in total. The predicted molar refractivity (Wildman–Crippen MR) is 18.0 cm³/mol. The van der Waals surface area contributed by atoms with Crippen LogP contribution in [0.2, 0.25) is 0 Å². The summed E-state index contributed by atoms with van der Waals surface area (Å²) >= 11 is -11.5. The maximum Gasteiger partial charge on any atom is 2.00 e. The molecule has 0 rings (SSSR count). The van der Waals surface area contributed by atoms with E-state index in [9.17, 15) is 0 Å². The van der Waals surface area contributed by atoms with Crippen LogP contribution in [0.5, 0.6) is 0 Å². The van der Waals surface area contributed by atoms with E-state index in [2.05, 4.69) is 0 Å². The summed E-state index contributed by atoms with van der Waals surface area (Å²) in [6.07, 6.45) is 0. The van der Waals surface area contributed by atoms with Crippen molar-refractivity contribution in [1.82, 2.24) is 0 Å². The van der Waals surface area contributed by atoms with E-state index in [4.69, 9.17) is 70.3 Å². The largest absolute Gasteiger partial charge is 2.00 e. The third-order valence-corrected chi connectivity index (χ3v) is 0. The number of hydrogen-bond donors (Lipinski definition) is 0. The Hall–Kier alpha value is 3.44.